The molecule has 0 amide bonds. The summed E-state index contributed by atoms with van der Waals surface area (Å²) in [5.41, 5.74) is 0. The van der Waals surface area contributed by atoms with Gasteiger partial charge in [0.25, 0.3) is 0 Å². The maximum Gasteiger partial charge on any atom is 0.469 e. The van der Waals surface area contributed by atoms with Crippen molar-refractivity contribution in [1.29, 1.82) is 0 Å². The van der Waals surface area contributed by atoms with Gasteiger partial charge in [-0.3, -0.25) is 14.1 Å². The van der Waals surface area contributed by atoms with Crippen LogP contribution in [0.1, 0.15) is 174 Å². The maximum absolute atomic E-state index is 12.4. The van der Waals surface area contributed by atoms with E-state index in [1.165, 1.54) is 38.5 Å². The molecule has 0 aromatic carbocycles. The SMILES string of the molecule is CC/C=C\C/C=C\C/C=C\C/C=C\CCCCCCCCCCC(=O)OC(COC(=O)CCCCCCC/C=C\C/C=C\CCCC)COP(=O)(O)O. The number of carbonyl (C=O) groups excluding carboxylic acids is 2. The summed E-state index contributed by atoms with van der Waals surface area (Å²) in [5.74, 6) is -0.915. The van der Waals surface area contributed by atoms with Gasteiger partial charge in [0.05, 0.1) is 6.61 Å². The average Bonchev–Trinajstić information content (AvgIpc) is 3.13. The Morgan fingerprint density at radius 2 is 0.906 bits per heavy atom. The van der Waals surface area contributed by atoms with Gasteiger partial charge in [0.15, 0.2) is 6.10 Å². The first-order valence-electron chi connectivity index (χ1n) is 20.7. The second-order valence-corrected chi connectivity index (χ2v) is 14.8. The quantitative estimate of drug-likeness (QED) is 0.0278. The van der Waals surface area contributed by atoms with Gasteiger partial charge in [-0.1, -0.05) is 157 Å². The Morgan fingerprint density at radius 1 is 0.509 bits per heavy atom. The number of hydrogen-bond acceptors (Lipinski definition) is 6. The van der Waals surface area contributed by atoms with E-state index >= 15 is 0 Å². The van der Waals surface area contributed by atoms with Gasteiger partial charge in [-0.05, 0) is 77.0 Å². The van der Waals surface area contributed by atoms with Crippen LogP contribution in [-0.4, -0.2) is 41.0 Å². The molecule has 1 atom stereocenters. The lowest BCUT2D eigenvalue weighted by Crippen LogP contribution is -2.29. The lowest BCUT2D eigenvalue weighted by molar-refractivity contribution is -0.161. The van der Waals surface area contributed by atoms with Crippen molar-refractivity contribution in [3.8, 4) is 0 Å². The number of allylic oxidation sites excluding steroid dienone is 12. The molecule has 0 fully saturated rings. The number of carbonyl (C=O) groups is 2. The molecule has 0 aliphatic rings. The van der Waals surface area contributed by atoms with E-state index in [0.29, 0.717) is 12.8 Å². The first-order chi connectivity index (χ1) is 25.8. The van der Waals surface area contributed by atoms with Gasteiger partial charge in [0.2, 0.25) is 0 Å². The van der Waals surface area contributed by atoms with E-state index in [9.17, 15) is 14.2 Å². The molecule has 2 N–H and O–H groups in total. The number of phosphoric acid groups is 1. The summed E-state index contributed by atoms with van der Waals surface area (Å²) < 4.78 is 26.4. The topological polar surface area (TPSA) is 119 Å². The van der Waals surface area contributed by atoms with Crippen LogP contribution in [0.2, 0.25) is 0 Å². The third-order valence-corrected chi connectivity index (χ3v) is 8.94. The predicted molar refractivity (Wildman–Crippen MR) is 220 cm³/mol. The van der Waals surface area contributed by atoms with Crippen LogP contribution in [0.25, 0.3) is 0 Å². The first-order valence-corrected chi connectivity index (χ1v) is 22.3. The molecule has 9 heteroatoms. The molecule has 1 unspecified atom stereocenters. The lowest BCUT2D eigenvalue weighted by atomic mass is 10.1. The van der Waals surface area contributed by atoms with Crippen molar-refractivity contribution < 1.29 is 37.9 Å². The van der Waals surface area contributed by atoms with Crippen molar-refractivity contribution in [2.75, 3.05) is 13.2 Å². The third-order valence-electron chi connectivity index (χ3n) is 8.46. The van der Waals surface area contributed by atoms with Gasteiger partial charge in [-0.15, -0.1) is 0 Å². The standard InChI is InChI=1S/C44H75O8P/c1-3-5-7-9-11-13-15-17-19-20-21-22-23-24-25-27-29-31-33-35-37-39-44(46)52-42(41-51-53(47,48)49)40-50-43(45)38-36-34-32-30-28-26-18-16-14-12-10-8-6-4-2/h5,7,10-13,16-19,21-22,42H,3-4,6,8-9,14-15,20,23-41H2,1-2H3,(H2,47,48,49)/b7-5-,12-10-,13-11-,18-16-,19-17-,22-21-. The number of phosphoric ester groups is 1. The lowest BCUT2D eigenvalue weighted by Gasteiger charge is -2.18. The van der Waals surface area contributed by atoms with Crippen molar-refractivity contribution in [2.45, 2.75) is 180 Å². The van der Waals surface area contributed by atoms with Crippen LogP contribution in [0.15, 0.2) is 72.9 Å². The van der Waals surface area contributed by atoms with Gasteiger partial charge in [0.1, 0.15) is 6.61 Å². The van der Waals surface area contributed by atoms with Gasteiger partial charge >= 0.3 is 19.8 Å². The summed E-state index contributed by atoms with van der Waals surface area (Å²) in [4.78, 5) is 42.8. The molecule has 0 radical (unpaired) electrons. The molecule has 0 aromatic heterocycles. The molecule has 0 rings (SSSR count). The molecule has 0 aliphatic carbocycles. The van der Waals surface area contributed by atoms with Gasteiger partial charge < -0.3 is 19.3 Å². The fourth-order valence-corrected chi connectivity index (χ4v) is 5.74. The molecular formula is C44H75O8P. The van der Waals surface area contributed by atoms with E-state index in [0.717, 1.165) is 96.3 Å². The second kappa shape index (κ2) is 39.2. The zero-order chi connectivity index (χ0) is 38.9. The van der Waals surface area contributed by atoms with Crippen LogP contribution >= 0.6 is 7.82 Å². The van der Waals surface area contributed by atoms with Gasteiger partial charge in [-0.2, -0.15) is 0 Å². The second-order valence-electron chi connectivity index (χ2n) is 13.6. The average molecular weight is 763 g/mol. The predicted octanol–water partition coefficient (Wildman–Crippen LogP) is 12.7. The molecule has 304 valence electrons. The number of unbranched alkanes of at least 4 members (excludes halogenated alkanes) is 15. The fraction of sp³-hybridized carbons (Fsp3) is 0.682. The van der Waals surface area contributed by atoms with E-state index in [2.05, 4.69) is 91.3 Å². The normalized spacial score (nSPS) is 13.2. The van der Waals surface area contributed by atoms with E-state index in [1.54, 1.807) is 0 Å². The smallest absolute Gasteiger partial charge is 0.462 e. The number of esters is 2. The molecule has 0 bridgehead atoms. The molecule has 0 saturated heterocycles. The van der Waals surface area contributed by atoms with Crippen molar-refractivity contribution in [1.82, 2.24) is 0 Å². The monoisotopic (exact) mass is 763 g/mol. The molecule has 0 aliphatic heterocycles. The molecule has 0 spiro atoms. The summed E-state index contributed by atoms with van der Waals surface area (Å²) in [6.07, 6.45) is 50.5. The molecule has 0 aromatic rings. The highest BCUT2D eigenvalue weighted by Crippen LogP contribution is 2.36. The molecule has 53 heavy (non-hydrogen) atoms. The summed E-state index contributed by atoms with van der Waals surface area (Å²) in [7, 11) is -4.76. The van der Waals surface area contributed by atoms with E-state index in [-0.39, 0.29) is 19.4 Å². The molecule has 8 nitrogen and oxygen atoms in total. The summed E-state index contributed by atoms with van der Waals surface area (Å²) in [5, 5.41) is 0. The highest BCUT2D eigenvalue weighted by Gasteiger charge is 2.22. The highest BCUT2D eigenvalue weighted by atomic mass is 31.2. The Balaban J connectivity index is 3.96. The zero-order valence-corrected chi connectivity index (χ0v) is 34.3. The number of hydrogen-bond donors (Lipinski definition) is 2. The number of rotatable bonds is 37. The maximum atomic E-state index is 12.4. The Hall–Kier alpha value is -2.51. The van der Waals surface area contributed by atoms with Crippen LogP contribution in [0.3, 0.4) is 0 Å². The van der Waals surface area contributed by atoms with Crippen LogP contribution < -0.4 is 0 Å². The summed E-state index contributed by atoms with van der Waals surface area (Å²) >= 11 is 0. The molecule has 0 saturated carbocycles. The van der Waals surface area contributed by atoms with E-state index < -0.39 is 32.5 Å². The van der Waals surface area contributed by atoms with Crippen LogP contribution in [0, 0.1) is 0 Å². The third kappa shape index (κ3) is 42.1. The Kier molecular flexibility index (Phi) is 37.3. The first kappa shape index (κ1) is 50.5. The number of ether oxygens (including phenoxy) is 2. The minimum Gasteiger partial charge on any atom is -0.462 e. The van der Waals surface area contributed by atoms with Gasteiger partial charge in [-0.25, -0.2) is 4.57 Å². The Labute approximate surface area is 323 Å². The van der Waals surface area contributed by atoms with Crippen molar-refractivity contribution in [3.63, 3.8) is 0 Å². The summed E-state index contributed by atoms with van der Waals surface area (Å²) in [6, 6.07) is 0. The van der Waals surface area contributed by atoms with Crippen molar-refractivity contribution in [2.24, 2.45) is 0 Å². The van der Waals surface area contributed by atoms with Crippen molar-refractivity contribution in [3.05, 3.63) is 72.9 Å². The minimum absolute atomic E-state index is 0.196. The molecular weight excluding hydrogens is 687 g/mol. The summed E-state index contributed by atoms with van der Waals surface area (Å²) in [6.45, 7) is 3.50. The largest absolute Gasteiger partial charge is 0.469 e. The Bertz CT molecular complexity index is 1080. The Morgan fingerprint density at radius 3 is 1.36 bits per heavy atom. The highest BCUT2D eigenvalue weighted by molar-refractivity contribution is 7.46. The van der Waals surface area contributed by atoms with Crippen molar-refractivity contribution >= 4 is 19.8 Å². The zero-order valence-electron chi connectivity index (χ0n) is 33.4. The van der Waals surface area contributed by atoms with Gasteiger partial charge in [0, 0.05) is 12.8 Å². The van der Waals surface area contributed by atoms with Crippen LogP contribution in [0.5, 0.6) is 0 Å². The van der Waals surface area contributed by atoms with E-state index in [4.69, 9.17) is 19.3 Å². The van der Waals surface area contributed by atoms with Crippen LogP contribution in [-0.2, 0) is 28.2 Å². The van der Waals surface area contributed by atoms with Crippen LogP contribution in [0.4, 0.5) is 0 Å². The minimum atomic E-state index is -4.76. The fourth-order valence-electron chi connectivity index (χ4n) is 5.38. The van der Waals surface area contributed by atoms with E-state index in [1.807, 2.05) is 0 Å². The molecule has 0 heterocycles.